The molecule has 0 aromatic carbocycles. The van der Waals surface area contributed by atoms with Crippen LogP contribution in [0.25, 0.3) is 0 Å². The quantitative estimate of drug-likeness (QED) is 0.890. The Kier molecular flexibility index (Phi) is 5.85. The summed E-state index contributed by atoms with van der Waals surface area (Å²) in [4.78, 5) is 19.2. The molecule has 1 N–H and O–H groups in total. The first-order valence-electron chi connectivity index (χ1n) is 8.36. The van der Waals surface area contributed by atoms with Gasteiger partial charge in [-0.25, -0.2) is 0 Å². The first kappa shape index (κ1) is 19.4. The minimum absolute atomic E-state index is 0. The molecule has 0 radical (unpaired) electrons. The largest absolute Gasteiger partial charge is 0.328 e. The van der Waals surface area contributed by atoms with Gasteiger partial charge in [0, 0.05) is 37.7 Å². The Morgan fingerprint density at radius 3 is 2.72 bits per heavy atom. The highest BCUT2D eigenvalue weighted by molar-refractivity contribution is 5.92. The van der Waals surface area contributed by atoms with Gasteiger partial charge in [0.15, 0.2) is 5.69 Å². The van der Waals surface area contributed by atoms with Crippen molar-refractivity contribution < 1.29 is 4.79 Å². The van der Waals surface area contributed by atoms with Crippen molar-refractivity contribution in [2.75, 3.05) is 19.6 Å². The summed E-state index contributed by atoms with van der Waals surface area (Å²) >= 11 is 0. The molecule has 136 valence electrons. The zero-order valence-electron chi connectivity index (χ0n) is 15.2. The Hall–Kier alpha value is -1.92. The predicted molar refractivity (Wildman–Crippen MR) is 100 cm³/mol. The Bertz CT molecular complexity index is 723. The SMILES string of the molecule is Cc1cc(C(=O)N2CCNCC2c2cccnc2)nn1C(C)(C)C.Cl. The maximum absolute atomic E-state index is 13.1. The lowest BCUT2D eigenvalue weighted by Crippen LogP contribution is -2.48. The van der Waals surface area contributed by atoms with E-state index in [-0.39, 0.29) is 29.9 Å². The van der Waals surface area contributed by atoms with E-state index in [9.17, 15) is 4.79 Å². The molecule has 0 aliphatic carbocycles. The molecular formula is C18H26ClN5O. The fraction of sp³-hybridized carbons (Fsp3) is 0.500. The van der Waals surface area contributed by atoms with E-state index in [1.54, 1.807) is 6.20 Å². The number of pyridine rings is 1. The number of carbonyl (C=O) groups is 1. The van der Waals surface area contributed by atoms with E-state index in [1.165, 1.54) is 0 Å². The van der Waals surface area contributed by atoms with Crippen LogP contribution in [0, 0.1) is 6.92 Å². The van der Waals surface area contributed by atoms with E-state index in [0.717, 1.165) is 24.3 Å². The topological polar surface area (TPSA) is 63.1 Å². The molecule has 2 aromatic rings. The third-order valence-electron chi connectivity index (χ3n) is 4.32. The molecule has 3 rings (SSSR count). The Labute approximate surface area is 155 Å². The average Bonchev–Trinajstić information content (AvgIpc) is 2.97. The molecule has 3 heterocycles. The molecular weight excluding hydrogens is 338 g/mol. The van der Waals surface area contributed by atoms with Crippen molar-refractivity contribution in [3.8, 4) is 0 Å². The molecule has 1 unspecified atom stereocenters. The number of piperazine rings is 1. The van der Waals surface area contributed by atoms with E-state index < -0.39 is 0 Å². The van der Waals surface area contributed by atoms with Gasteiger partial charge in [-0.05, 0) is 45.4 Å². The van der Waals surface area contributed by atoms with Crippen molar-refractivity contribution in [3.05, 3.63) is 47.5 Å². The van der Waals surface area contributed by atoms with Gasteiger partial charge in [0.05, 0.1) is 11.6 Å². The van der Waals surface area contributed by atoms with Gasteiger partial charge in [0.1, 0.15) is 0 Å². The summed E-state index contributed by atoms with van der Waals surface area (Å²) in [5, 5.41) is 7.94. The summed E-state index contributed by atoms with van der Waals surface area (Å²) in [6.45, 7) is 10.4. The standard InChI is InChI=1S/C18H25N5O.ClH/c1-13-10-15(21-23(13)18(2,3)4)17(24)22-9-8-20-12-16(22)14-6-5-7-19-11-14;/h5-7,10-11,16,20H,8-9,12H2,1-4H3;1H. The second kappa shape index (κ2) is 7.54. The van der Waals surface area contributed by atoms with Crippen LogP contribution in [0.3, 0.4) is 0 Å². The summed E-state index contributed by atoms with van der Waals surface area (Å²) < 4.78 is 1.92. The monoisotopic (exact) mass is 363 g/mol. The molecule has 1 amide bonds. The van der Waals surface area contributed by atoms with Gasteiger partial charge < -0.3 is 10.2 Å². The van der Waals surface area contributed by atoms with Gasteiger partial charge in [-0.1, -0.05) is 6.07 Å². The Morgan fingerprint density at radius 2 is 2.12 bits per heavy atom. The smallest absolute Gasteiger partial charge is 0.274 e. The minimum atomic E-state index is -0.144. The van der Waals surface area contributed by atoms with Gasteiger partial charge >= 0.3 is 0 Å². The zero-order chi connectivity index (χ0) is 17.3. The third kappa shape index (κ3) is 4.02. The number of carbonyl (C=O) groups excluding carboxylic acids is 1. The summed E-state index contributed by atoms with van der Waals surface area (Å²) in [6.07, 6.45) is 3.58. The molecule has 2 aromatic heterocycles. The Morgan fingerprint density at radius 1 is 1.36 bits per heavy atom. The molecule has 0 bridgehead atoms. The van der Waals surface area contributed by atoms with Crippen LogP contribution < -0.4 is 5.32 Å². The van der Waals surface area contributed by atoms with Gasteiger partial charge in [-0.3, -0.25) is 14.5 Å². The molecule has 6 nitrogen and oxygen atoms in total. The summed E-state index contributed by atoms with van der Waals surface area (Å²) in [7, 11) is 0. The maximum Gasteiger partial charge on any atom is 0.274 e. The second-order valence-corrected chi connectivity index (χ2v) is 7.26. The minimum Gasteiger partial charge on any atom is -0.328 e. The molecule has 1 atom stereocenters. The highest BCUT2D eigenvalue weighted by Gasteiger charge is 2.31. The normalized spacial score (nSPS) is 17.9. The van der Waals surface area contributed by atoms with E-state index in [0.29, 0.717) is 12.2 Å². The summed E-state index contributed by atoms with van der Waals surface area (Å²) in [5.74, 6) is -0.0172. The predicted octanol–water partition coefficient (Wildman–Crippen LogP) is 2.55. The zero-order valence-corrected chi connectivity index (χ0v) is 16.0. The van der Waals surface area contributed by atoms with Gasteiger partial charge in [0.25, 0.3) is 5.91 Å². The van der Waals surface area contributed by atoms with Crippen molar-refractivity contribution in [3.63, 3.8) is 0 Å². The number of nitrogens with zero attached hydrogens (tertiary/aromatic N) is 4. The molecule has 1 aliphatic heterocycles. The molecule has 1 saturated heterocycles. The molecule has 25 heavy (non-hydrogen) atoms. The lowest BCUT2D eigenvalue weighted by Gasteiger charge is -2.36. The van der Waals surface area contributed by atoms with Crippen LogP contribution in [0.2, 0.25) is 0 Å². The molecule has 1 aliphatic rings. The number of rotatable bonds is 2. The van der Waals surface area contributed by atoms with Crippen LogP contribution in [-0.2, 0) is 5.54 Å². The van der Waals surface area contributed by atoms with Gasteiger partial charge in [-0.2, -0.15) is 5.10 Å². The summed E-state index contributed by atoms with van der Waals surface area (Å²) in [6, 6.07) is 5.80. The van der Waals surface area contributed by atoms with Gasteiger partial charge in [-0.15, -0.1) is 12.4 Å². The van der Waals surface area contributed by atoms with Crippen molar-refractivity contribution in [2.24, 2.45) is 0 Å². The van der Waals surface area contributed by atoms with Crippen LogP contribution >= 0.6 is 12.4 Å². The lowest BCUT2D eigenvalue weighted by atomic mass is 10.0. The number of halogens is 1. The number of hydrogen-bond acceptors (Lipinski definition) is 4. The first-order valence-corrected chi connectivity index (χ1v) is 8.36. The lowest BCUT2D eigenvalue weighted by molar-refractivity contribution is 0.0626. The average molecular weight is 364 g/mol. The molecule has 7 heteroatoms. The fourth-order valence-corrected chi connectivity index (χ4v) is 3.22. The second-order valence-electron chi connectivity index (χ2n) is 7.26. The molecule has 1 fully saturated rings. The van der Waals surface area contributed by atoms with Crippen molar-refractivity contribution in [1.82, 2.24) is 25.0 Å². The van der Waals surface area contributed by atoms with E-state index in [2.05, 4.69) is 36.2 Å². The number of amides is 1. The van der Waals surface area contributed by atoms with E-state index in [1.807, 2.05) is 40.9 Å². The van der Waals surface area contributed by atoms with Crippen LogP contribution in [0.4, 0.5) is 0 Å². The van der Waals surface area contributed by atoms with E-state index >= 15 is 0 Å². The van der Waals surface area contributed by atoms with Crippen LogP contribution in [0.15, 0.2) is 30.6 Å². The molecule has 0 spiro atoms. The fourth-order valence-electron chi connectivity index (χ4n) is 3.22. The van der Waals surface area contributed by atoms with Crippen LogP contribution in [-0.4, -0.2) is 45.2 Å². The van der Waals surface area contributed by atoms with Crippen molar-refractivity contribution in [1.29, 1.82) is 0 Å². The van der Waals surface area contributed by atoms with E-state index in [4.69, 9.17) is 0 Å². The highest BCUT2D eigenvalue weighted by atomic mass is 35.5. The summed E-state index contributed by atoms with van der Waals surface area (Å²) in [5.41, 5.74) is 2.41. The Balaban J connectivity index is 0.00000225. The third-order valence-corrected chi connectivity index (χ3v) is 4.32. The number of nitrogens with one attached hydrogen (secondary N) is 1. The number of aromatic nitrogens is 3. The van der Waals surface area contributed by atoms with Crippen LogP contribution in [0.1, 0.15) is 48.6 Å². The number of aryl methyl sites for hydroxylation is 1. The first-order chi connectivity index (χ1) is 11.4. The molecule has 0 saturated carbocycles. The number of hydrogen-bond donors (Lipinski definition) is 1. The van der Waals surface area contributed by atoms with Gasteiger partial charge in [0.2, 0.25) is 0 Å². The van der Waals surface area contributed by atoms with Crippen molar-refractivity contribution >= 4 is 18.3 Å². The highest BCUT2D eigenvalue weighted by Crippen LogP contribution is 2.24. The van der Waals surface area contributed by atoms with Crippen LogP contribution in [0.5, 0.6) is 0 Å². The maximum atomic E-state index is 13.1. The van der Waals surface area contributed by atoms with Crippen molar-refractivity contribution in [2.45, 2.75) is 39.3 Å².